The van der Waals surface area contributed by atoms with Gasteiger partial charge in [-0.05, 0) is 18.6 Å². The minimum atomic E-state index is -0.777. The van der Waals surface area contributed by atoms with E-state index in [0.717, 1.165) is 17.7 Å². The average Bonchev–Trinajstić information content (AvgIpc) is 3.45. The first-order chi connectivity index (χ1) is 14.5. The van der Waals surface area contributed by atoms with E-state index in [4.69, 9.17) is 26.8 Å². The molecule has 154 valence electrons. The quantitative estimate of drug-likeness (QED) is 0.536. The number of amides is 1. The van der Waals surface area contributed by atoms with E-state index < -0.39 is 6.09 Å². The summed E-state index contributed by atoms with van der Waals surface area (Å²) in [5.41, 5.74) is 8.06. The second kappa shape index (κ2) is 7.21. The second-order valence-corrected chi connectivity index (χ2v) is 7.92. The summed E-state index contributed by atoms with van der Waals surface area (Å²) in [6.07, 6.45) is 5.56. The smallest absolute Gasteiger partial charge is 0.404 e. The van der Waals surface area contributed by atoms with Crippen LogP contribution in [0, 0.1) is 11.8 Å². The molecule has 5 rings (SSSR count). The van der Waals surface area contributed by atoms with E-state index in [1.54, 1.807) is 13.3 Å². The molecule has 0 spiro atoms. The molecule has 2 aliphatic carbocycles. The number of anilines is 1. The number of carbonyl (C=O) groups is 1. The van der Waals surface area contributed by atoms with Gasteiger partial charge < -0.3 is 25.5 Å². The molecule has 2 bridgehead atoms. The molecule has 2 aromatic heterocycles. The molecule has 2 aliphatic rings. The van der Waals surface area contributed by atoms with E-state index in [1.807, 2.05) is 24.3 Å². The van der Waals surface area contributed by atoms with E-state index in [0.29, 0.717) is 27.7 Å². The highest BCUT2D eigenvalue weighted by molar-refractivity contribution is 6.34. The van der Waals surface area contributed by atoms with Crippen molar-refractivity contribution in [1.29, 1.82) is 0 Å². The predicted octanol–water partition coefficient (Wildman–Crippen LogP) is 3.74. The van der Waals surface area contributed by atoms with Crippen molar-refractivity contribution in [2.45, 2.75) is 18.6 Å². The Kier molecular flexibility index (Phi) is 4.51. The van der Waals surface area contributed by atoms with Gasteiger partial charge in [0.05, 0.1) is 30.1 Å². The Bertz CT molecular complexity index is 1160. The normalized spacial score (nSPS) is 24.3. The third kappa shape index (κ3) is 3.13. The molecule has 0 unspecified atom stereocenters. The molecule has 8 nitrogen and oxygen atoms in total. The number of H-pyrrole nitrogens is 1. The number of aromatic amines is 1. The van der Waals surface area contributed by atoms with Gasteiger partial charge in [0.1, 0.15) is 23.2 Å². The van der Waals surface area contributed by atoms with E-state index >= 15 is 0 Å². The lowest BCUT2D eigenvalue weighted by molar-refractivity contribution is 0.0854. The Morgan fingerprint density at radius 3 is 2.97 bits per heavy atom. The highest BCUT2D eigenvalue weighted by Gasteiger charge is 2.47. The molecule has 1 fully saturated rings. The van der Waals surface area contributed by atoms with Crippen LogP contribution in [-0.2, 0) is 4.74 Å². The molecule has 0 saturated heterocycles. The lowest BCUT2D eigenvalue weighted by atomic mass is 9.98. The number of primary amides is 1. The van der Waals surface area contributed by atoms with Crippen LogP contribution in [0.5, 0.6) is 5.75 Å². The molecule has 30 heavy (non-hydrogen) atoms. The average molecular weight is 426 g/mol. The summed E-state index contributed by atoms with van der Waals surface area (Å²) in [6, 6.07) is 7.46. The van der Waals surface area contributed by atoms with Crippen LogP contribution < -0.4 is 15.8 Å². The van der Waals surface area contributed by atoms with Gasteiger partial charge in [-0.15, -0.1) is 0 Å². The predicted molar refractivity (Wildman–Crippen MR) is 113 cm³/mol. The van der Waals surface area contributed by atoms with Crippen molar-refractivity contribution in [3.63, 3.8) is 0 Å². The lowest BCUT2D eigenvalue weighted by Crippen LogP contribution is -2.41. The summed E-state index contributed by atoms with van der Waals surface area (Å²) in [5, 5.41) is 3.93. The molecular formula is C21H20ClN5O3. The summed E-state index contributed by atoms with van der Waals surface area (Å²) < 4.78 is 10.7. The SMILES string of the molecule is COc1cccc(-c2nc3ncc(Cl)c(N[C@H]4[C@@H](OC(N)=O)[C@@H]5C=C[C@H]4C5)c3[nH]2)c1. The maximum Gasteiger partial charge on any atom is 0.404 e. The van der Waals surface area contributed by atoms with Gasteiger partial charge in [0.15, 0.2) is 5.65 Å². The number of benzene rings is 1. The molecule has 1 amide bonds. The number of nitrogens with two attached hydrogens (primary N) is 1. The number of ether oxygens (including phenoxy) is 2. The molecule has 1 saturated carbocycles. The highest BCUT2D eigenvalue weighted by Crippen LogP contribution is 2.44. The fourth-order valence-corrected chi connectivity index (χ4v) is 4.61. The summed E-state index contributed by atoms with van der Waals surface area (Å²) in [4.78, 5) is 23.7. The summed E-state index contributed by atoms with van der Waals surface area (Å²) >= 11 is 6.50. The van der Waals surface area contributed by atoms with Crippen LogP contribution in [0.15, 0.2) is 42.6 Å². The van der Waals surface area contributed by atoms with E-state index in [2.05, 4.69) is 32.4 Å². The topological polar surface area (TPSA) is 115 Å². The summed E-state index contributed by atoms with van der Waals surface area (Å²) in [5.74, 6) is 1.75. The summed E-state index contributed by atoms with van der Waals surface area (Å²) in [6.45, 7) is 0. The third-order valence-corrected chi connectivity index (χ3v) is 6.05. The van der Waals surface area contributed by atoms with Crippen LogP contribution in [0.4, 0.5) is 10.5 Å². The van der Waals surface area contributed by atoms with Gasteiger partial charge in [0.2, 0.25) is 0 Å². The van der Waals surface area contributed by atoms with Crippen molar-refractivity contribution in [2.24, 2.45) is 17.6 Å². The number of imidazole rings is 1. The zero-order valence-electron chi connectivity index (χ0n) is 16.1. The van der Waals surface area contributed by atoms with E-state index in [9.17, 15) is 4.79 Å². The van der Waals surface area contributed by atoms with Crippen molar-refractivity contribution in [2.75, 3.05) is 12.4 Å². The van der Waals surface area contributed by atoms with Crippen molar-refractivity contribution in [3.8, 4) is 17.1 Å². The Labute approximate surface area is 177 Å². The molecule has 4 N–H and O–H groups in total. The minimum absolute atomic E-state index is 0.140. The molecule has 9 heteroatoms. The van der Waals surface area contributed by atoms with Crippen molar-refractivity contribution >= 4 is 34.5 Å². The number of hydrogen-bond acceptors (Lipinski definition) is 6. The fourth-order valence-electron chi connectivity index (χ4n) is 4.41. The zero-order chi connectivity index (χ0) is 20.8. The van der Waals surface area contributed by atoms with Crippen LogP contribution in [0.25, 0.3) is 22.6 Å². The Hall–Kier alpha value is -3.26. The van der Waals surface area contributed by atoms with Crippen molar-refractivity contribution in [3.05, 3.63) is 47.6 Å². The monoisotopic (exact) mass is 425 g/mol. The molecule has 1 aromatic carbocycles. The van der Waals surface area contributed by atoms with E-state index in [-0.39, 0.29) is 24.0 Å². The molecule has 0 radical (unpaired) electrons. The Morgan fingerprint density at radius 2 is 2.17 bits per heavy atom. The fraction of sp³-hybridized carbons (Fsp3) is 0.286. The number of pyridine rings is 1. The van der Waals surface area contributed by atoms with Gasteiger partial charge in [-0.2, -0.15) is 0 Å². The van der Waals surface area contributed by atoms with Crippen LogP contribution >= 0.6 is 11.6 Å². The maximum absolute atomic E-state index is 11.4. The maximum atomic E-state index is 11.4. The lowest BCUT2D eigenvalue weighted by Gasteiger charge is -2.29. The zero-order valence-corrected chi connectivity index (χ0v) is 16.9. The standard InChI is InChI=1S/C21H20ClN5O3/c1-29-13-4-2-3-12(8-13)19-26-17-16(14(22)9-24-20(17)27-19)25-15-10-5-6-11(7-10)18(15)30-21(23)28/h2-6,8-11,15,18H,7H2,1H3,(H2,23,28)(H2,24,25,26,27)/t10-,11+,15+,18-/m0/s1. The number of nitrogens with zero attached hydrogens (tertiary/aromatic N) is 2. The van der Waals surface area contributed by atoms with Gasteiger partial charge in [-0.25, -0.2) is 14.8 Å². The first-order valence-corrected chi connectivity index (χ1v) is 10.0. The molecular weight excluding hydrogens is 406 g/mol. The first kappa shape index (κ1) is 18.7. The van der Waals surface area contributed by atoms with Crippen LogP contribution in [0.3, 0.4) is 0 Å². The number of methoxy groups -OCH3 is 1. The van der Waals surface area contributed by atoms with Crippen molar-refractivity contribution < 1.29 is 14.3 Å². The third-order valence-electron chi connectivity index (χ3n) is 5.77. The molecule has 0 aliphatic heterocycles. The van der Waals surface area contributed by atoms with Gasteiger partial charge in [0, 0.05) is 17.4 Å². The van der Waals surface area contributed by atoms with Gasteiger partial charge in [-0.1, -0.05) is 35.9 Å². The van der Waals surface area contributed by atoms with Crippen LogP contribution in [-0.4, -0.2) is 40.3 Å². The molecule has 4 atom stereocenters. The van der Waals surface area contributed by atoms with Crippen LogP contribution in [0.2, 0.25) is 5.02 Å². The molecule has 2 heterocycles. The Morgan fingerprint density at radius 1 is 1.33 bits per heavy atom. The number of carbonyl (C=O) groups excluding carboxylic acids is 1. The number of fused-ring (bicyclic) bond motifs is 3. The van der Waals surface area contributed by atoms with Crippen LogP contribution in [0.1, 0.15) is 6.42 Å². The number of hydrogen-bond donors (Lipinski definition) is 3. The van der Waals surface area contributed by atoms with E-state index in [1.165, 1.54) is 0 Å². The minimum Gasteiger partial charge on any atom is -0.497 e. The van der Waals surface area contributed by atoms with Gasteiger partial charge >= 0.3 is 6.09 Å². The largest absolute Gasteiger partial charge is 0.497 e. The number of aromatic nitrogens is 3. The summed E-state index contributed by atoms with van der Waals surface area (Å²) in [7, 11) is 1.62. The number of rotatable bonds is 5. The Balaban J connectivity index is 1.53. The van der Waals surface area contributed by atoms with Crippen molar-refractivity contribution in [1.82, 2.24) is 15.0 Å². The van der Waals surface area contributed by atoms with Gasteiger partial charge in [0.25, 0.3) is 0 Å². The highest BCUT2D eigenvalue weighted by atomic mass is 35.5. The second-order valence-electron chi connectivity index (χ2n) is 7.52. The first-order valence-electron chi connectivity index (χ1n) is 9.63. The number of nitrogens with one attached hydrogen (secondary N) is 2. The number of halogens is 1. The van der Waals surface area contributed by atoms with Gasteiger partial charge in [-0.3, -0.25) is 0 Å². The molecule has 3 aromatic rings.